The number of aromatic hydroxyl groups is 1. The van der Waals surface area contributed by atoms with E-state index in [9.17, 15) is 13.5 Å². The van der Waals surface area contributed by atoms with Gasteiger partial charge in [-0.1, -0.05) is 11.6 Å². The van der Waals surface area contributed by atoms with E-state index in [0.717, 1.165) is 0 Å². The molecular weight excluding hydrogens is 290 g/mol. The maximum absolute atomic E-state index is 12.7. The van der Waals surface area contributed by atoms with E-state index in [2.05, 4.69) is 0 Å². The van der Waals surface area contributed by atoms with Crippen LogP contribution in [-0.4, -0.2) is 31.5 Å². The number of benzene rings is 1. The molecule has 3 N–H and O–H groups in total. The summed E-state index contributed by atoms with van der Waals surface area (Å²) in [5, 5.41) is 9.90. The third-order valence-electron chi connectivity index (χ3n) is 3.43. The number of sulfone groups is 1. The van der Waals surface area contributed by atoms with Crippen molar-refractivity contribution in [2.75, 3.05) is 18.9 Å². The van der Waals surface area contributed by atoms with Crippen molar-refractivity contribution in [3.8, 4) is 5.75 Å². The van der Waals surface area contributed by atoms with Crippen LogP contribution in [0.15, 0.2) is 17.0 Å². The quantitative estimate of drug-likeness (QED) is 0.644. The van der Waals surface area contributed by atoms with Gasteiger partial charge in [0.1, 0.15) is 4.90 Å². The monoisotopic (exact) mass is 305 g/mol. The molecule has 0 saturated carbocycles. The van der Waals surface area contributed by atoms with Gasteiger partial charge < -0.3 is 15.6 Å². The van der Waals surface area contributed by atoms with Crippen molar-refractivity contribution in [3.05, 3.63) is 17.2 Å². The molecule has 2 rings (SSSR count). The minimum Gasteiger partial charge on any atom is -0.504 e. The van der Waals surface area contributed by atoms with Crippen LogP contribution >= 0.6 is 11.6 Å². The SMILES string of the molecule is C[C@]1(S(=O)(=O)c2c(Cl)ccc(N)c2O)CCCOC1. The van der Waals surface area contributed by atoms with Gasteiger partial charge in [-0.15, -0.1) is 0 Å². The molecule has 1 aliphatic rings. The lowest BCUT2D eigenvalue weighted by molar-refractivity contribution is 0.0716. The van der Waals surface area contributed by atoms with E-state index in [1.165, 1.54) is 12.1 Å². The smallest absolute Gasteiger partial charge is 0.191 e. The number of phenols is 1. The Labute approximate surface area is 117 Å². The minimum atomic E-state index is -3.83. The van der Waals surface area contributed by atoms with Crippen LogP contribution in [0, 0.1) is 0 Å². The molecule has 0 spiro atoms. The van der Waals surface area contributed by atoms with Crippen LogP contribution in [0.2, 0.25) is 5.02 Å². The molecule has 1 aromatic rings. The van der Waals surface area contributed by atoms with Gasteiger partial charge in [0.05, 0.1) is 22.1 Å². The molecule has 0 bridgehead atoms. The predicted molar refractivity (Wildman–Crippen MR) is 73.2 cm³/mol. The van der Waals surface area contributed by atoms with Crippen LogP contribution in [0.5, 0.6) is 5.75 Å². The number of ether oxygens (including phenoxy) is 1. The number of phenolic OH excluding ortho intramolecular Hbond substituents is 1. The zero-order valence-electron chi connectivity index (χ0n) is 10.5. The van der Waals surface area contributed by atoms with Gasteiger partial charge in [-0.25, -0.2) is 8.42 Å². The van der Waals surface area contributed by atoms with E-state index in [1.807, 2.05) is 0 Å². The maximum Gasteiger partial charge on any atom is 0.191 e. The summed E-state index contributed by atoms with van der Waals surface area (Å²) in [4.78, 5) is -0.304. The molecule has 1 fully saturated rings. The lowest BCUT2D eigenvalue weighted by Crippen LogP contribution is -2.43. The van der Waals surface area contributed by atoms with E-state index >= 15 is 0 Å². The fraction of sp³-hybridized carbons (Fsp3) is 0.500. The van der Waals surface area contributed by atoms with Crippen LogP contribution in [-0.2, 0) is 14.6 Å². The Kier molecular flexibility index (Phi) is 3.68. The molecular formula is C12H16ClNO4S. The summed E-state index contributed by atoms with van der Waals surface area (Å²) in [7, 11) is -3.83. The number of hydrogen-bond acceptors (Lipinski definition) is 5. The van der Waals surface area contributed by atoms with Gasteiger partial charge >= 0.3 is 0 Å². The molecule has 0 aliphatic carbocycles. The molecule has 19 heavy (non-hydrogen) atoms. The molecule has 1 saturated heterocycles. The topological polar surface area (TPSA) is 89.6 Å². The summed E-state index contributed by atoms with van der Waals surface area (Å²) in [6, 6.07) is 2.74. The summed E-state index contributed by atoms with van der Waals surface area (Å²) >= 11 is 5.93. The van der Waals surface area contributed by atoms with Crippen molar-refractivity contribution < 1.29 is 18.3 Å². The van der Waals surface area contributed by atoms with Crippen molar-refractivity contribution in [1.82, 2.24) is 0 Å². The van der Waals surface area contributed by atoms with Gasteiger partial charge in [-0.3, -0.25) is 0 Å². The first kappa shape index (κ1) is 14.4. The van der Waals surface area contributed by atoms with E-state index < -0.39 is 20.3 Å². The third kappa shape index (κ3) is 2.28. The molecule has 106 valence electrons. The molecule has 7 heteroatoms. The van der Waals surface area contributed by atoms with E-state index in [0.29, 0.717) is 19.4 Å². The van der Waals surface area contributed by atoms with Crippen molar-refractivity contribution in [1.29, 1.82) is 0 Å². The predicted octanol–water partition coefficient (Wildman–Crippen LogP) is 1.97. The van der Waals surface area contributed by atoms with Crippen LogP contribution in [0.3, 0.4) is 0 Å². The summed E-state index contributed by atoms with van der Waals surface area (Å²) in [6.07, 6.45) is 1.11. The molecule has 0 aromatic heterocycles. The molecule has 0 unspecified atom stereocenters. The first-order valence-electron chi connectivity index (χ1n) is 5.89. The summed E-state index contributed by atoms with van der Waals surface area (Å²) in [5.74, 6) is -0.487. The number of halogens is 1. The van der Waals surface area contributed by atoms with Crippen LogP contribution in [0.4, 0.5) is 5.69 Å². The molecule has 0 amide bonds. The van der Waals surface area contributed by atoms with Crippen molar-refractivity contribution >= 4 is 27.1 Å². The Hall–Kier alpha value is -0.980. The zero-order valence-corrected chi connectivity index (χ0v) is 12.1. The largest absolute Gasteiger partial charge is 0.504 e. The highest BCUT2D eigenvalue weighted by atomic mass is 35.5. The van der Waals surface area contributed by atoms with E-state index in [4.69, 9.17) is 22.1 Å². The Balaban J connectivity index is 2.60. The summed E-state index contributed by atoms with van der Waals surface area (Å²) in [6.45, 7) is 2.22. The minimum absolute atomic E-state index is 0.0108. The van der Waals surface area contributed by atoms with Gasteiger partial charge in [-0.2, -0.15) is 0 Å². The molecule has 1 aromatic carbocycles. The fourth-order valence-corrected chi connectivity index (χ4v) is 4.48. The number of hydrogen-bond donors (Lipinski definition) is 2. The number of rotatable bonds is 2. The third-order valence-corrected chi connectivity index (χ3v) is 6.43. The zero-order chi connectivity index (χ0) is 14.3. The summed E-state index contributed by atoms with van der Waals surface area (Å²) < 4.78 is 29.6. The number of anilines is 1. The highest BCUT2D eigenvalue weighted by molar-refractivity contribution is 7.93. The van der Waals surface area contributed by atoms with Crippen molar-refractivity contribution in [2.45, 2.75) is 29.4 Å². The average Bonchev–Trinajstić information content (AvgIpc) is 2.35. The number of nitrogens with two attached hydrogens (primary N) is 1. The van der Waals surface area contributed by atoms with Crippen LogP contribution in [0.25, 0.3) is 0 Å². The molecule has 5 nitrogen and oxygen atoms in total. The Morgan fingerprint density at radius 1 is 1.47 bits per heavy atom. The normalized spacial score (nSPS) is 24.3. The van der Waals surface area contributed by atoms with E-state index in [-0.39, 0.29) is 22.2 Å². The van der Waals surface area contributed by atoms with Gasteiger partial charge in [0.15, 0.2) is 15.6 Å². The second-order valence-corrected chi connectivity index (χ2v) is 7.73. The summed E-state index contributed by atoms with van der Waals surface area (Å²) in [5.41, 5.74) is 5.54. The molecule has 1 aliphatic heterocycles. The second kappa shape index (κ2) is 4.85. The van der Waals surface area contributed by atoms with Gasteiger partial charge in [0.2, 0.25) is 0 Å². The van der Waals surface area contributed by atoms with Gasteiger partial charge in [0, 0.05) is 6.61 Å². The Bertz CT molecular complexity index is 594. The van der Waals surface area contributed by atoms with E-state index in [1.54, 1.807) is 6.92 Å². The van der Waals surface area contributed by atoms with Gasteiger partial charge in [-0.05, 0) is 31.9 Å². The molecule has 1 heterocycles. The van der Waals surface area contributed by atoms with Crippen LogP contribution < -0.4 is 5.73 Å². The second-order valence-electron chi connectivity index (χ2n) is 4.92. The first-order valence-corrected chi connectivity index (χ1v) is 7.75. The first-order chi connectivity index (χ1) is 8.79. The van der Waals surface area contributed by atoms with Crippen molar-refractivity contribution in [2.24, 2.45) is 0 Å². The lowest BCUT2D eigenvalue weighted by Gasteiger charge is -2.33. The Morgan fingerprint density at radius 2 is 2.16 bits per heavy atom. The number of nitrogen functional groups attached to an aromatic ring is 1. The molecule has 0 radical (unpaired) electrons. The Morgan fingerprint density at radius 3 is 2.74 bits per heavy atom. The fourth-order valence-electron chi connectivity index (χ4n) is 2.18. The standard InChI is InChI=1S/C12H16ClNO4S/c1-12(5-2-6-18-7-12)19(16,17)11-8(13)3-4-9(14)10(11)15/h3-4,15H,2,5-7,14H2,1H3/t12-/m0/s1. The highest BCUT2D eigenvalue weighted by Gasteiger charge is 2.44. The van der Waals surface area contributed by atoms with Crippen LogP contribution in [0.1, 0.15) is 19.8 Å². The molecule has 1 atom stereocenters. The average molecular weight is 306 g/mol. The lowest BCUT2D eigenvalue weighted by atomic mass is 10.0. The van der Waals surface area contributed by atoms with Crippen molar-refractivity contribution in [3.63, 3.8) is 0 Å². The highest BCUT2D eigenvalue weighted by Crippen LogP contribution is 2.42. The maximum atomic E-state index is 12.7. The van der Waals surface area contributed by atoms with Gasteiger partial charge in [0.25, 0.3) is 0 Å².